The SMILES string of the molecule is CC(C)OC(=O)Cc1ccc(Cl)cc1. The van der Waals surface area contributed by atoms with Crippen LogP contribution in [0.15, 0.2) is 24.3 Å². The molecule has 0 unspecified atom stereocenters. The van der Waals surface area contributed by atoms with E-state index in [0.29, 0.717) is 11.4 Å². The molecule has 0 aliphatic carbocycles. The molecule has 0 atom stereocenters. The van der Waals surface area contributed by atoms with Crippen molar-refractivity contribution in [3.63, 3.8) is 0 Å². The summed E-state index contributed by atoms with van der Waals surface area (Å²) in [6.45, 7) is 3.67. The molecule has 0 amide bonds. The van der Waals surface area contributed by atoms with Crippen molar-refractivity contribution in [3.05, 3.63) is 34.9 Å². The fourth-order valence-corrected chi connectivity index (χ4v) is 1.20. The van der Waals surface area contributed by atoms with E-state index in [1.165, 1.54) is 0 Å². The van der Waals surface area contributed by atoms with E-state index in [4.69, 9.17) is 16.3 Å². The summed E-state index contributed by atoms with van der Waals surface area (Å²) in [5.41, 5.74) is 0.917. The lowest BCUT2D eigenvalue weighted by Crippen LogP contribution is -2.13. The number of hydrogen-bond donors (Lipinski definition) is 0. The molecule has 1 aromatic carbocycles. The molecule has 0 radical (unpaired) electrons. The number of hydrogen-bond acceptors (Lipinski definition) is 2. The van der Waals surface area contributed by atoms with Gasteiger partial charge >= 0.3 is 5.97 Å². The maximum Gasteiger partial charge on any atom is 0.310 e. The van der Waals surface area contributed by atoms with E-state index >= 15 is 0 Å². The predicted molar refractivity (Wildman–Crippen MR) is 56.4 cm³/mol. The Morgan fingerprint density at radius 3 is 2.43 bits per heavy atom. The Kier molecular flexibility index (Phi) is 3.96. The molecule has 0 saturated heterocycles. The number of carbonyl (C=O) groups is 1. The summed E-state index contributed by atoms with van der Waals surface area (Å²) in [5, 5.41) is 0.672. The van der Waals surface area contributed by atoms with Crippen LogP contribution in [-0.2, 0) is 16.0 Å². The van der Waals surface area contributed by atoms with Crippen molar-refractivity contribution in [2.45, 2.75) is 26.4 Å². The molecule has 3 heteroatoms. The van der Waals surface area contributed by atoms with Gasteiger partial charge in [0.05, 0.1) is 12.5 Å². The second-order valence-electron chi connectivity index (χ2n) is 3.34. The van der Waals surface area contributed by atoms with Gasteiger partial charge in [-0.25, -0.2) is 0 Å². The molecule has 0 aromatic heterocycles. The molecule has 0 aliphatic rings. The summed E-state index contributed by atoms with van der Waals surface area (Å²) < 4.78 is 5.01. The third kappa shape index (κ3) is 3.79. The monoisotopic (exact) mass is 212 g/mol. The fourth-order valence-electron chi connectivity index (χ4n) is 1.07. The number of halogens is 1. The highest BCUT2D eigenvalue weighted by molar-refractivity contribution is 6.30. The van der Waals surface area contributed by atoms with Crippen LogP contribution in [0.5, 0.6) is 0 Å². The highest BCUT2D eigenvalue weighted by Gasteiger charge is 2.06. The largest absolute Gasteiger partial charge is 0.463 e. The topological polar surface area (TPSA) is 26.3 Å². The van der Waals surface area contributed by atoms with E-state index < -0.39 is 0 Å². The second-order valence-corrected chi connectivity index (χ2v) is 3.78. The standard InChI is InChI=1S/C11H13ClO2/c1-8(2)14-11(13)7-9-3-5-10(12)6-4-9/h3-6,8H,7H2,1-2H3. The minimum atomic E-state index is -0.206. The van der Waals surface area contributed by atoms with Crippen molar-refractivity contribution in [1.82, 2.24) is 0 Å². The third-order valence-electron chi connectivity index (χ3n) is 1.63. The summed E-state index contributed by atoms with van der Waals surface area (Å²) in [6, 6.07) is 7.17. The molecule has 0 N–H and O–H groups in total. The Balaban J connectivity index is 2.52. The molecule has 0 spiro atoms. The summed E-state index contributed by atoms with van der Waals surface area (Å²) in [6.07, 6.45) is 0.241. The van der Waals surface area contributed by atoms with Gasteiger partial charge in [-0.15, -0.1) is 0 Å². The first-order valence-corrected chi connectivity index (χ1v) is 4.89. The summed E-state index contributed by atoms with van der Waals surface area (Å²) in [7, 11) is 0. The molecule has 0 aliphatic heterocycles. The van der Waals surface area contributed by atoms with E-state index in [1.54, 1.807) is 12.1 Å². The third-order valence-corrected chi connectivity index (χ3v) is 1.88. The number of esters is 1. The molecule has 0 fully saturated rings. The van der Waals surface area contributed by atoms with E-state index in [9.17, 15) is 4.79 Å². The van der Waals surface area contributed by atoms with E-state index in [2.05, 4.69) is 0 Å². The van der Waals surface area contributed by atoms with Gasteiger partial charge in [0.2, 0.25) is 0 Å². The molecule has 0 heterocycles. The first-order chi connectivity index (χ1) is 6.58. The predicted octanol–water partition coefficient (Wildman–Crippen LogP) is 2.83. The highest BCUT2D eigenvalue weighted by atomic mass is 35.5. The number of carbonyl (C=O) groups excluding carboxylic acids is 1. The lowest BCUT2D eigenvalue weighted by atomic mass is 10.1. The Morgan fingerprint density at radius 2 is 1.93 bits per heavy atom. The highest BCUT2D eigenvalue weighted by Crippen LogP contribution is 2.10. The zero-order chi connectivity index (χ0) is 10.6. The quantitative estimate of drug-likeness (QED) is 0.721. The van der Waals surface area contributed by atoms with Crippen molar-refractivity contribution in [1.29, 1.82) is 0 Å². The molecule has 1 aromatic rings. The average Bonchev–Trinajstić information content (AvgIpc) is 2.07. The molecular weight excluding hydrogens is 200 g/mol. The molecule has 0 saturated carbocycles. The van der Waals surface area contributed by atoms with Gasteiger partial charge in [-0.1, -0.05) is 23.7 Å². The van der Waals surface area contributed by atoms with Crippen LogP contribution >= 0.6 is 11.6 Å². The van der Waals surface area contributed by atoms with Gasteiger partial charge in [-0.3, -0.25) is 4.79 Å². The van der Waals surface area contributed by atoms with Gasteiger partial charge in [0, 0.05) is 5.02 Å². The molecule has 76 valence electrons. The molecule has 14 heavy (non-hydrogen) atoms. The minimum Gasteiger partial charge on any atom is -0.463 e. The van der Waals surface area contributed by atoms with Crippen molar-refractivity contribution in [2.24, 2.45) is 0 Å². The van der Waals surface area contributed by atoms with E-state index in [-0.39, 0.29) is 12.1 Å². The normalized spacial score (nSPS) is 10.3. The van der Waals surface area contributed by atoms with Crippen LogP contribution in [0.25, 0.3) is 0 Å². The number of benzene rings is 1. The molecule has 0 bridgehead atoms. The van der Waals surface area contributed by atoms with Gasteiger partial charge in [-0.2, -0.15) is 0 Å². The fraction of sp³-hybridized carbons (Fsp3) is 0.364. The van der Waals surface area contributed by atoms with Crippen molar-refractivity contribution >= 4 is 17.6 Å². The zero-order valence-corrected chi connectivity index (χ0v) is 9.04. The zero-order valence-electron chi connectivity index (χ0n) is 8.29. The van der Waals surface area contributed by atoms with Crippen LogP contribution in [0, 0.1) is 0 Å². The van der Waals surface area contributed by atoms with Crippen molar-refractivity contribution < 1.29 is 9.53 Å². The summed E-state index contributed by atoms with van der Waals surface area (Å²) >= 11 is 5.72. The Hall–Kier alpha value is -1.02. The van der Waals surface area contributed by atoms with Gasteiger partial charge in [0.25, 0.3) is 0 Å². The second kappa shape index (κ2) is 5.01. The molecular formula is C11H13ClO2. The van der Waals surface area contributed by atoms with Crippen molar-refractivity contribution in [2.75, 3.05) is 0 Å². The van der Waals surface area contributed by atoms with E-state index in [1.807, 2.05) is 26.0 Å². The van der Waals surface area contributed by atoms with Crippen LogP contribution in [-0.4, -0.2) is 12.1 Å². The Labute approximate surface area is 88.8 Å². The van der Waals surface area contributed by atoms with Crippen molar-refractivity contribution in [3.8, 4) is 0 Å². The van der Waals surface area contributed by atoms with Gasteiger partial charge in [-0.05, 0) is 31.5 Å². The number of rotatable bonds is 3. The lowest BCUT2D eigenvalue weighted by Gasteiger charge is -2.07. The van der Waals surface area contributed by atoms with Crippen LogP contribution in [0.3, 0.4) is 0 Å². The summed E-state index contributed by atoms with van der Waals surface area (Å²) in [5.74, 6) is -0.206. The first kappa shape index (κ1) is 11.1. The molecule has 1 rings (SSSR count). The van der Waals surface area contributed by atoms with Gasteiger partial charge < -0.3 is 4.74 Å². The average molecular weight is 213 g/mol. The summed E-state index contributed by atoms with van der Waals surface area (Å²) in [4.78, 5) is 11.3. The molecule has 2 nitrogen and oxygen atoms in total. The smallest absolute Gasteiger partial charge is 0.310 e. The van der Waals surface area contributed by atoms with Crippen LogP contribution in [0.4, 0.5) is 0 Å². The van der Waals surface area contributed by atoms with Crippen LogP contribution in [0.1, 0.15) is 19.4 Å². The Bertz CT molecular complexity index is 304. The van der Waals surface area contributed by atoms with E-state index in [0.717, 1.165) is 5.56 Å². The first-order valence-electron chi connectivity index (χ1n) is 4.52. The maximum atomic E-state index is 11.3. The lowest BCUT2D eigenvalue weighted by molar-refractivity contribution is -0.146. The van der Waals surface area contributed by atoms with Gasteiger partial charge in [0.15, 0.2) is 0 Å². The van der Waals surface area contributed by atoms with Gasteiger partial charge in [0.1, 0.15) is 0 Å². The minimum absolute atomic E-state index is 0.0604. The maximum absolute atomic E-state index is 11.3. The Morgan fingerprint density at radius 1 is 1.36 bits per heavy atom. The number of ether oxygens (including phenoxy) is 1. The van der Waals surface area contributed by atoms with Crippen LogP contribution in [0.2, 0.25) is 5.02 Å². The van der Waals surface area contributed by atoms with Crippen LogP contribution < -0.4 is 0 Å².